The number of hydrogen-bond donors (Lipinski definition) is 2. The first kappa shape index (κ1) is 16.6. The highest BCUT2D eigenvalue weighted by molar-refractivity contribution is 5.36. The number of aliphatic hydroxyl groups is 1. The lowest BCUT2D eigenvalue weighted by atomic mass is 9.61. The summed E-state index contributed by atoms with van der Waals surface area (Å²) in [7, 11) is 0. The van der Waals surface area contributed by atoms with Crippen molar-refractivity contribution in [2.24, 2.45) is 0 Å². The zero-order valence-electron chi connectivity index (χ0n) is 14.6. The first-order valence-electron chi connectivity index (χ1n) is 9.45. The summed E-state index contributed by atoms with van der Waals surface area (Å²) in [6.07, 6.45) is 4.86. The maximum atomic E-state index is 11.2. The van der Waals surface area contributed by atoms with Gasteiger partial charge in [-0.3, -0.25) is 4.90 Å². The fourth-order valence-corrected chi connectivity index (χ4v) is 4.93. The van der Waals surface area contributed by atoms with Gasteiger partial charge in [-0.15, -0.1) is 0 Å². The van der Waals surface area contributed by atoms with Crippen molar-refractivity contribution < 1.29 is 10.2 Å². The average molecular weight is 337 g/mol. The van der Waals surface area contributed by atoms with Crippen LogP contribution in [0.2, 0.25) is 0 Å². The lowest BCUT2D eigenvalue weighted by Gasteiger charge is -2.54. The molecule has 25 heavy (non-hydrogen) atoms. The maximum absolute atomic E-state index is 11.2. The largest absolute Gasteiger partial charge is 0.508 e. The van der Waals surface area contributed by atoms with Crippen LogP contribution in [0.4, 0.5) is 0 Å². The van der Waals surface area contributed by atoms with Gasteiger partial charge >= 0.3 is 0 Å². The Labute approximate surface area is 149 Å². The monoisotopic (exact) mass is 337 g/mol. The van der Waals surface area contributed by atoms with E-state index in [0.717, 1.165) is 50.8 Å². The van der Waals surface area contributed by atoms with Crippen LogP contribution >= 0.6 is 0 Å². The topological polar surface area (TPSA) is 43.7 Å². The highest BCUT2D eigenvalue weighted by Gasteiger charge is 2.50. The van der Waals surface area contributed by atoms with Crippen molar-refractivity contribution >= 4 is 0 Å². The molecule has 132 valence electrons. The van der Waals surface area contributed by atoms with Gasteiger partial charge in [-0.25, -0.2) is 0 Å². The van der Waals surface area contributed by atoms with Gasteiger partial charge in [0, 0.05) is 18.0 Å². The van der Waals surface area contributed by atoms with Gasteiger partial charge in [0.2, 0.25) is 0 Å². The Balaban J connectivity index is 1.52. The van der Waals surface area contributed by atoms with E-state index in [4.69, 9.17) is 0 Å². The fourth-order valence-electron chi connectivity index (χ4n) is 4.93. The van der Waals surface area contributed by atoms with Crippen LogP contribution < -0.4 is 0 Å². The molecule has 1 aliphatic carbocycles. The van der Waals surface area contributed by atoms with Crippen molar-refractivity contribution in [2.75, 3.05) is 13.1 Å². The van der Waals surface area contributed by atoms with Crippen molar-refractivity contribution in [1.29, 1.82) is 0 Å². The molecule has 3 heteroatoms. The van der Waals surface area contributed by atoms with E-state index in [1.54, 1.807) is 6.07 Å². The van der Waals surface area contributed by atoms with Crippen molar-refractivity contribution in [3.63, 3.8) is 0 Å². The first-order chi connectivity index (χ1) is 12.2. The summed E-state index contributed by atoms with van der Waals surface area (Å²) in [6, 6.07) is 18.4. The molecule has 0 amide bonds. The zero-order valence-corrected chi connectivity index (χ0v) is 14.6. The van der Waals surface area contributed by atoms with Crippen LogP contribution in [-0.4, -0.2) is 40.3 Å². The highest BCUT2D eigenvalue weighted by atomic mass is 16.3. The molecule has 2 fully saturated rings. The van der Waals surface area contributed by atoms with Gasteiger partial charge in [-0.2, -0.15) is 0 Å². The smallest absolute Gasteiger partial charge is 0.115 e. The van der Waals surface area contributed by atoms with Crippen molar-refractivity contribution in [3.05, 3.63) is 65.7 Å². The summed E-state index contributed by atoms with van der Waals surface area (Å²) in [5, 5.41) is 21.1. The van der Waals surface area contributed by atoms with Crippen LogP contribution in [0.5, 0.6) is 5.75 Å². The van der Waals surface area contributed by atoms with E-state index in [1.165, 1.54) is 5.56 Å². The Hall–Kier alpha value is -1.84. The van der Waals surface area contributed by atoms with Gasteiger partial charge in [0.15, 0.2) is 0 Å². The molecule has 1 saturated heterocycles. The first-order valence-corrected chi connectivity index (χ1v) is 9.45. The predicted molar refractivity (Wildman–Crippen MR) is 99.8 cm³/mol. The number of rotatable bonds is 4. The van der Waals surface area contributed by atoms with Crippen LogP contribution in [0.3, 0.4) is 0 Å². The molecule has 2 bridgehead atoms. The minimum atomic E-state index is -0.354. The maximum Gasteiger partial charge on any atom is 0.115 e. The van der Waals surface area contributed by atoms with Crippen LogP contribution in [-0.2, 0) is 11.8 Å². The standard InChI is InChI=1S/C22H27NO2/c24-19-9-4-8-18(16-19)22-12-5-10-20(21(22)25)23(15-13-22)14-11-17-6-2-1-3-7-17/h1-4,6-9,16,20-21,24-25H,5,10-15H2/t20-,21-,22-/m0/s1. The Kier molecular flexibility index (Phi) is 4.53. The van der Waals surface area contributed by atoms with E-state index in [-0.39, 0.29) is 17.6 Å². The number of hydrogen-bond acceptors (Lipinski definition) is 3. The number of likely N-dealkylation sites (tertiary alicyclic amines) is 1. The molecule has 0 spiro atoms. The van der Waals surface area contributed by atoms with Gasteiger partial charge in [0.05, 0.1) is 6.10 Å². The Morgan fingerprint density at radius 1 is 1.04 bits per heavy atom. The number of fused-ring (bicyclic) bond motifs is 2. The molecule has 0 aromatic heterocycles. The van der Waals surface area contributed by atoms with E-state index in [1.807, 2.05) is 12.1 Å². The predicted octanol–water partition coefficient (Wildman–Crippen LogP) is 3.49. The molecule has 2 aromatic carbocycles. The zero-order chi connectivity index (χ0) is 17.3. The molecule has 0 unspecified atom stereocenters. The Morgan fingerprint density at radius 2 is 1.88 bits per heavy atom. The quantitative estimate of drug-likeness (QED) is 0.897. The normalized spacial score (nSPS) is 29.5. The van der Waals surface area contributed by atoms with Crippen molar-refractivity contribution in [3.8, 4) is 5.75 Å². The Morgan fingerprint density at radius 3 is 2.68 bits per heavy atom. The van der Waals surface area contributed by atoms with Gasteiger partial charge in [0.1, 0.15) is 5.75 Å². The number of aliphatic hydroxyl groups excluding tert-OH is 1. The van der Waals surface area contributed by atoms with Gasteiger partial charge in [-0.05, 0) is 55.5 Å². The van der Waals surface area contributed by atoms with Crippen molar-refractivity contribution in [2.45, 2.75) is 49.7 Å². The second-order valence-electron chi connectivity index (χ2n) is 7.63. The molecule has 1 heterocycles. The lowest BCUT2D eigenvalue weighted by Crippen LogP contribution is -2.62. The Bertz CT molecular complexity index is 717. The summed E-state index contributed by atoms with van der Waals surface area (Å²) in [6.45, 7) is 2.02. The molecule has 2 aromatic rings. The molecular formula is C22H27NO2. The van der Waals surface area contributed by atoms with Gasteiger partial charge in [0.25, 0.3) is 0 Å². The van der Waals surface area contributed by atoms with E-state index in [2.05, 4.69) is 41.3 Å². The van der Waals surface area contributed by atoms with E-state index in [0.29, 0.717) is 5.75 Å². The van der Waals surface area contributed by atoms with Crippen LogP contribution in [0.25, 0.3) is 0 Å². The van der Waals surface area contributed by atoms with Crippen LogP contribution in [0.1, 0.15) is 36.8 Å². The molecule has 1 saturated carbocycles. The number of nitrogens with zero attached hydrogens (tertiary/aromatic N) is 1. The number of piperidine rings is 1. The number of aromatic hydroxyl groups is 1. The summed E-state index contributed by atoms with van der Waals surface area (Å²) < 4.78 is 0. The highest BCUT2D eigenvalue weighted by Crippen LogP contribution is 2.47. The number of benzene rings is 2. The third-order valence-electron chi connectivity index (χ3n) is 6.32. The summed E-state index contributed by atoms with van der Waals surface area (Å²) >= 11 is 0. The number of phenols is 1. The number of phenolic OH excluding ortho intramolecular Hbond substituents is 1. The average Bonchev–Trinajstić information content (AvgIpc) is 2.62. The van der Waals surface area contributed by atoms with E-state index in [9.17, 15) is 10.2 Å². The summed E-state index contributed by atoms with van der Waals surface area (Å²) in [5.74, 6) is 0.299. The molecule has 1 aliphatic heterocycles. The summed E-state index contributed by atoms with van der Waals surface area (Å²) in [5.41, 5.74) is 2.27. The van der Waals surface area contributed by atoms with Gasteiger partial charge in [-0.1, -0.05) is 48.9 Å². The molecular weight excluding hydrogens is 310 g/mol. The van der Waals surface area contributed by atoms with Crippen LogP contribution in [0.15, 0.2) is 54.6 Å². The van der Waals surface area contributed by atoms with E-state index < -0.39 is 0 Å². The second-order valence-corrected chi connectivity index (χ2v) is 7.63. The van der Waals surface area contributed by atoms with E-state index >= 15 is 0 Å². The van der Waals surface area contributed by atoms with Crippen LogP contribution in [0, 0.1) is 0 Å². The molecule has 3 atom stereocenters. The second kappa shape index (κ2) is 6.81. The lowest BCUT2D eigenvalue weighted by molar-refractivity contribution is -0.0761. The summed E-state index contributed by atoms with van der Waals surface area (Å²) in [4.78, 5) is 2.48. The van der Waals surface area contributed by atoms with Gasteiger partial charge < -0.3 is 10.2 Å². The minimum Gasteiger partial charge on any atom is -0.508 e. The minimum absolute atomic E-state index is 0.190. The third-order valence-corrected chi connectivity index (χ3v) is 6.32. The molecule has 0 radical (unpaired) electrons. The fraction of sp³-hybridized carbons (Fsp3) is 0.455. The molecule has 3 nitrogen and oxygen atoms in total. The van der Waals surface area contributed by atoms with Crippen molar-refractivity contribution in [1.82, 2.24) is 4.90 Å². The third kappa shape index (κ3) is 3.07. The molecule has 2 N–H and O–H groups in total. The SMILES string of the molecule is Oc1cccc([C@@]23CCC[C@@H]([C@@H]2O)N(CCc2ccccc2)CC3)c1. The molecule has 4 rings (SSSR count). The molecule has 2 aliphatic rings.